The molecule has 6 nitrogen and oxygen atoms in total. The number of hydrogen-bond acceptors (Lipinski definition) is 5. The van der Waals surface area contributed by atoms with Gasteiger partial charge < -0.3 is 9.88 Å². The predicted octanol–water partition coefficient (Wildman–Crippen LogP) is 2.43. The van der Waals surface area contributed by atoms with Crippen molar-refractivity contribution in [2.45, 2.75) is 13.5 Å². The van der Waals surface area contributed by atoms with Gasteiger partial charge in [-0.2, -0.15) is 5.26 Å². The predicted molar refractivity (Wildman–Crippen MR) is 106 cm³/mol. The van der Waals surface area contributed by atoms with Gasteiger partial charge in [0, 0.05) is 50.0 Å². The molecule has 6 heteroatoms. The molecule has 136 valence electrons. The molecule has 0 aliphatic carbocycles. The lowest BCUT2D eigenvalue weighted by Crippen LogP contribution is -2.47. The Morgan fingerprint density at radius 1 is 1.19 bits per heavy atom. The van der Waals surface area contributed by atoms with E-state index in [1.54, 1.807) is 18.3 Å². The fraction of sp³-hybridized carbons (Fsp3) is 0.286. The number of benzene rings is 1. The SMILES string of the molecule is Cc1ccc2cc(CN3CCN(c4ncccc4C#N)CC3)c(=O)[nH]c2c1. The fourth-order valence-corrected chi connectivity index (χ4v) is 3.57. The highest BCUT2D eigenvalue weighted by Gasteiger charge is 2.21. The van der Waals surface area contributed by atoms with Crippen molar-refractivity contribution >= 4 is 16.7 Å². The largest absolute Gasteiger partial charge is 0.353 e. The lowest BCUT2D eigenvalue weighted by atomic mass is 10.1. The molecular weight excluding hydrogens is 338 g/mol. The van der Waals surface area contributed by atoms with Gasteiger partial charge in [0.25, 0.3) is 5.56 Å². The second-order valence-corrected chi connectivity index (χ2v) is 6.96. The Bertz CT molecular complexity index is 1070. The van der Waals surface area contributed by atoms with E-state index < -0.39 is 0 Å². The van der Waals surface area contributed by atoms with E-state index in [-0.39, 0.29) is 5.56 Å². The van der Waals surface area contributed by atoms with Gasteiger partial charge in [0.05, 0.1) is 5.56 Å². The number of fused-ring (bicyclic) bond motifs is 1. The molecule has 0 amide bonds. The van der Waals surface area contributed by atoms with Crippen molar-refractivity contribution < 1.29 is 0 Å². The number of H-pyrrole nitrogens is 1. The molecule has 1 aliphatic heterocycles. The molecule has 1 fully saturated rings. The number of hydrogen-bond donors (Lipinski definition) is 1. The normalized spacial score (nSPS) is 15.0. The van der Waals surface area contributed by atoms with Crippen LogP contribution in [0, 0.1) is 18.3 Å². The number of aryl methyl sites for hydroxylation is 1. The highest BCUT2D eigenvalue weighted by Crippen LogP contribution is 2.19. The topological polar surface area (TPSA) is 76.0 Å². The summed E-state index contributed by atoms with van der Waals surface area (Å²) in [7, 11) is 0. The first-order chi connectivity index (χ1) is 13.1. The van der Waals surface area contributed by atoms with Gasteiger partial charge >= 0.3 is 0 Å². The summed E-state index contributed by atoms with van der Waals surface area (Å²) in [5.74, 6) is 0.749. The molecule has 0 spiro atoms. The molecule has 3 aromatic rings. The van der Waals surface area contributed by atoms with Crippen LogP contribution in [0.2, 0.25) is 0 Å². The van der Waals surface area contributed by atoms with E-state index in [4.69, 9.17) is 0 Å². The van der Waals surface area contributed by atoms with E-state index in [1.807, 2.05) is 25.1 Å². The molecule has 1 aromatic carbocycles. The van der Waals surface area contributed by atoms with E-state index in [2.05, 4.69) is 31.9 Å². The Hall–Kier alpha value is -3.17. The molecule has 0 unspecified atom stereocenters. The molecule has 0 atom stereocenters. The molecule has 4 rings (SSSR count). The third kappa shape index (κ3) is 3.55. The number of nitriles is 1. The fourth-order valence-electron chi connectivity index (χ4n) is 3.57. The van der Waals surface area contributed by atoms with Crippen LogP contribution in [0.3, 0.4) is 0 Å². The van der Waals surface area contributed by atoms with Gasteiger partial charge in [-0.15, -0.1) is 0 Å². The van der Waals surface area contributed by atoms with Crippen LogP contribution in [0.4, 0.5) is 5.82 Å². The van der Waals surface area contributed by atoms with Crippen molar-refractivity contribution in [1.82, 2.24) is 14.9 Å². The molecule has 1 N–H and O–H groups in total. The van der Waals surface area contributed by atoms with Crippen LogP contribution < -0.4 is 10.5 Å². The summed E-state index contributed by atoms with van der Waals surface area (Å²) in [6.45, 7) is 5.87. The lowest BCUT2D eigenvalue weighted by molar-refractivity contribution is 0.248. The van der Waals surface area contributed by atoms with Gasteiger partial charge in [-0.05, 0) is 42.1 Å². The minimum absolute atomic E-state index is 0.0213. The Morgan fingerprint density at radius 2 is 2.00 bits per heavy atom. The third-order valence-corrected chi connectivity index (χ3v) is 5.05. The molecule has 0 saturated carbocycles. The van der Waals surface area contributed by atoms with Crippen LogP contribution >= 0.6 is 0 Å². The van der Waals surface area contributed by atoms with Crippen molar-refractivity contribution in [1.29, 1.82) is 5.26 Å². The summed E-state index contributed by atoms with van der Waals surface area (Å²) in [6.07, 6.45) is 1.72. The number of anilines is 1. The van der Waals surface area contributed by atoms with Gasteiger partial charge in [0.15, 0.2) is 0 Å². The van der Waals surface area contributed by atoms with Gasteiger partial charge in [-0.1, -0.05) is 12.1 Å². The molecule has 0 radical (unpaired) electrons. The van der Waals surface area contributed by atoms with E-state index in [9.17, 15) is 10.1 Å². The maximum absolute atomic E-state index is 12.4. The summed E-state index contributed by atoms with van der Waals surface area (Å²) in [4.78, 5) is 24.2. The monoisotopic (exact) mass is 359 g/mol. The zero-order valence-electron chi connectivity index (χ0n) is 15.3. The van der Waals surface area contributed by atoms with Gasteiger partial charge in [0.2, 0.25) is 0 Å². The highest BCUT2D eigenvalue weighted by molar-refractivity contribution is 5.79. The Balaban J connectivity index is 1.47. The van der Waals surface area contributed by atoms with Crippen LogP contribution in [-0.4, -0.2) is 41.0 Å². The number of aromatic nitrogens is 2. The van der Waals surface area contributed by atoms with Crippen molar-refractivity contribution in [2.24, 2.45) is 0 Å². The number of piperazine rings is 1. The van der Waals surface area contributed by atoms with Crippen LogP contribution in [-0.2, 0) is 6.54 Å². The maximum Gasteiger partial charge on any atom is 0.252 e. The minimum Gasteiger partial charge on any atom is -0.353 e. The standard InChI is InChI=1S/C21H21N5O/c1-15-4-5-16-12-18(21(27)24-19(16)11-15)14-25-7-9-26(10-8-25)20-17(13-22)3-2-6-23-20/h2-6,11-12H,7-10,14H2,1H3,(H,24,27). The minimum atomic E-state index is -0.0213. The van der Waals surface area contributed by atoms with E-state index >= 15 is 0 Å². The van der Waals surface area contributed by atoms with Gasteiger partial charge in [-0.3, -0.25) is 9.69 Å². The Labute approximate surface area is 157 Å². The Morgan fingerprint density at radius 3 is 2.78 bits per heavy atom. The Kier molecular flexibility index (Phi) is 4.61. The molecule has 27 heavy (non-hydrogen) atoms. The molecule has 0 bridgehead atoms. The molecule has 1 saturated heterocycles. The zero-order valence-corrected chi connectivity index (χ0v) is 15.3. The van der Waals surface area contributed by atoms with Crippen LogP contribution in [0.25, 0.3) is 10.9 Å². The quantitative estimate of drug-likeness (QED) is 0.777. The molecule has 2 aromatic heterocycles. The number of pyridine rings is 2. The van der Waals surface area contributed by atoms with Crippen molar-refractivity contribution in [2.75, 3.05) is 31.1 Å². The second-order valence-electron chi connectivity index (χ2n) is 6.96. The summed E-state index contributed by atoms with van der Waals surface area (Å²) in [5, 5.41) is 10.3. The first-order valence-electron chi connectivity index (χ1n) is 9.09. The van der Waals surface area contributed by atoms with Crippen molar-refractivity contribution in [3.8, 4) is 6.07 Å². The van der Waals surface area contributed by atoms with Gasteiger partial charge in [-0.25, -0.2) is 4.98 Å². The number of nitrogens with zero attached hydrogens (tertiary/aromatic N) is 4. The summed E-state index contributed by atoms with van der Waals surface area (Å²) in [5.41, 5.74) is 3.38. The van der Waals surface area contributed by atoms with Crippen molar-refractivity contribution in [3.63, 3.8) is 0 Å². The van der Waals surface area contributed by atoms with E-state index in [0.29, 0.717) is 12.1 Å². The molecule has 3 heterocycles. The first-order valence-corrected chi connectivity index (χ1v) is 9.09. The average Bonchev–Trinajstić information content (AvgIpc) is 2.69. The van der Waals surface area contributed by atoms with Crippen molar-refractivity contribution in [3.05, 3.63) is 69.6 Å². The second kappa shape index (κ2) is 7.22. The highest BCUT2D eigenvalue weighted by atomic mass is 16.1. The smallest absolute Gasteiger partial charge is 0.252 e. The van der Waals surface area contributed by atoms with Crippen LogP contribution in [0.1, 0.15) is 16.7 Å². The number of nitrogens with one attached hydrogen (secondary N) is 1. The summed E-state index contributed by atoms with van der Waals surface area (Å²) in [6, 6.07) is 13.9. The van der Waals surface area contributed by atoms with Gasteiger partial charge in [0.1, 0.15) is 11.9 Å². The molecular formula is C21H21N5O. The average molecular weight is 359 g/mol. The van der Waals surface area contributed by atoms with E-state index in [0.717, 1.165) is 54.0 Å². The van der Waals surface area contributed by atoms with Crippen LogP contribution in [0.15, 0.2) is 47.4 Å². The summed E-state index contributed by atoms with van der Waals surface area (Å²) >= 11 is 0. The first kappa shape index (κ1) is 17.3. The summed E-state index contributed by atoms with van der Waals surface area (Å²) < 4.78 is 0. The number of aromatic amines is 1. The maximum atomic E-state index is 12.4. The third-order valence-electron chi connectivity index (χ3n) is 5.05. The number of rotatable bonds is 3. The lowest BCUT2D eigenvalue weighted by Gasteiger charge is -2.35. The molecule has 1 aliphatic rings. The van der Waals surface area contributed by atoms with Crippen LogP contribution in [0.5, 0.6) is 0 Å². The van der Waals surface area contributed by atoms with E-state index in [1.165, 1.54) is 0 Å². The zero-order chi connectivity index (χ0) is 18.8.